The van der Waals surface area contributed by atoms with Crippen LogP contribution in [0.5, 0.6) is 0 Å². The van der Waals surface area contributed by atoms with Crippen LogP contribution in [0.4, 0.5) is 0 Å². The van der Waals surface area contributed by atoms with Gasteiger partial charge in [0, 0.05) is 14.0 Å². The zero-order valence-corrected chi connectivity index (χ0v) is 8.64. The maximum Gasteiger partial charge on any atom is 0.00187 e. The Morgan fingerprint density at radius 3 is 2.92 bits per heavy atom. The first-order valence-corrected chi connectivity index (χ1v) is 5.10. The van der Waals surface area contributed by atoms with Gasteiger partial charge in [-0.05, 0) is 38.9 Å². The van der Waals surface area contributed by atoms with E-state index in [1.165, 1.54) is 32.5 Å². The van der Waals surface area contributed by atoms with Gasteiger partial charge in [0.05, 0.1) is 0 Å². The third-order valence-corrected chi connectivity index (χ3v) is 2.54. The summed E-state index contributed by atoms with van der Waals surface area (Å²) in [5.41, 5.74) is 0. The lowest BCUT2D eigenvalue weighted by Gasteiger charge is -2.30. The molecule has 1 aliphatic rings. The lowest BCUT2D eigenvalue weighted by atomic mass is 9.98. The van der Waals surface area contributed by atoms with Gasteiger partial charge in [-0.3, -0.25) is 0 Å². The first kappa shape index (κ1) is 10.0. The van der Waals surface area contributed by atoms with Crippen LogP contribution >= 0.6 is 0 Å². The minimum absolute atomic E-state index is 0. The summed E-state index contributed by atoms with van der Waals surface area (Å²) < 4.78 is 0. The number of piperidine rings is 1. The van der Waals surface area contributed by atoms with Crippen LogP contribution in [-0.2, 0) is 0 Å². The Hall–Kier alpha value is -0.0800. The van der Waals surface area contributed by atoms with Crippen molar-refractivity contribution in [1.29, 1.82) is 0 Å². The molecule has 0 saturated carbocycles. The molecule has 0 amide bonds. The smallest absolute Gasteiger partial charge is 0.00187 e. The number of nitrogens with zero attached hydrogens (tertiary/aromatic N) is 1. The fraction of sp³-hybridized carbons (Fsp3) is 1.00. The minimum Gasteiger partial charge on any atom is -0.314 e. The van der Waals surface area contributed by atoms with Gasteiger partial charge in [0.2, 0.25) is 0 Å². The molecular weight excluding hydrogens is 148 g/mol. The van der Waals surface area contributed by atoms with E-state index in [4.69, 9.17) is 0 Å². The number of nitrogens with one attached hydrogen (secondary N) is 1. The zero-order valence-electron chi connectivity index (χ0n) is 8.64. The highest BCUT2D eigenvalue weighted by molar-refractivity contribution is 4.72. The van der Waals surface area contributed by atoms with Crippen molar-refractivity contribution in [3.8, 4) is 0 Å². The van der Waals surface area contributed by atoms with Crippen LogP contribution in [0, 0.1) is 5.92 Å². The molecule has 0 aromatic rings. The first-order valence-electron chi connectivity index (χ1n) is 5.10. The van der Waals surface area contributed by atoms with Crippen LogP contribution in [-0.4, -0.2) is 37.6 Å². The molecule has 1 heterocycles. The Balaban J connectivity index is 0.00000144. The normalized spacial score (nSPS) is 26.5. The average molecular weight is 172 g/mol. The van der Waals surface area contributed by atoms with E-state index in [0.717, 1.165) is 5.92 Å². The van der Waals surface area contributed by atoms with Crippen molar-refractivity contribution < 1.29 is 1.43 Å². The van der Waals surface area contributed by atoms with Crippen molar-refractivity contribution in [3.05, 3.63) is 0 Å². The van der Waals surface area contributed by atoms with Gasteiger partial charge >= 0.3 is 0 Å². The number of rotatable bonds is 3. The Bertz CT molecular complexity index is 128. The summed E-state index contributed by atoms with van der Waals surface area (Å²) in [6, 6.07) is 0.636. The van der Waals surface area contributed by atoms with Gasteiger partial charge in [-0.15, -0.1) is 0 Å². The molecule has 1 aliphatic heterocycles. The van der Waals surface area contributed by atoms with E-state index >= 15 is 0 Å². The van der Waals surface area contributed by atoms with Crippen molar-refractivity contribution in [1.82, 2.24) is 10.2 Å². The standard InChI is InChI=1S/C10H22N2.H2/c1-9(2)11-7-10-5-4-6-12(3)8-10;/h9-11H,4-8H2,1-3H3;1H. The van der Waals surface area contributed by atoms with Crippen LogP contribution in [0.1, 0.15) is 28.1 Å². The van der Waals surface area contributed by atoms with Gasteiger partial charge in [0.25, 0.3) is 0 Å². The van der Waals surface area contributed by atoms with E-state index in [0.29, 0.717) is 6.04 Å². The maximum absolute atomic E-state index is 3.51. The highest BCUT2D eigenvalue weighted by Gasteiger charge is 2.16. The highest BCUT2D eigenvalue weighted by Crippen LogP contribution is 2.13. The van der Waals surface area contributed by atoms with Gasteiger partial charge in [-0.1, -0.05) is 13.8 Å². The van der Waals surface area contributed by atoms with Crippen LogP contribution < -0.4 is 5.32 Å². The molecule has 74 valence electrons. The second kappa shape index (κ2) is 4.83. The Morgan fingerprint density at radius 2 is 2.33 bits per heavy atom. The summed E-state index contributed by atoms with van der Waals surface area (Å²) in [7, 11) is 2.22. The van der Waals surface area contributed by atoms with Gasteiger partial charge in [0.1, 0.15) is 0 Å². The largest absolute Gasteiger partial charge is 0.314 e. The summed E-state index contributed by atoms with van der Waals surface area (Å²) in [5.74, 6) is 0.881. The fourth-order valence-electron chi connectivity index (χ4n) is 1.84. The molecule has 1 unspecified atom stereocenters. The SMILES string of the molecule is CC(C)NCC1CCCN(C)C1.[HH]. The molecule has 0 aliphatic carbocycles. The predicted molar refractivity (Wildman–Crippen MR) is 55.5 cm³/mol. The third kappa shape index (κ3) is 3.55. The monoisotopic (exact) mass is 172 g/mol. The average Bonchev–Trinajstić information content (AvgIpc) is 2.01. The van der Waals surface area contributed by atoms with Crippen LogP contribution in [0.25, 0.3) is 0 Å². The van der Waals surface area contributed by atoms with Crippen LogP contribution in [0.2, 0.25) is 0 Å². The number of hydrogen-bond donors (Lipinski definition) is 1. The molecular formula is C10H24N2. The molecule has 0 bridgehead atoms. The molecule has 2 heteroatoms. The fourth-order valence-corrected chi connectivity index (χ4v) is 1.84. The van der Waals surface area contributed by atoms with Gasteiger partial charge < -0.3 is 10.2 Å². The van der Waals surface area contributed by atoms with Gasteiger partial charge in [-0.25, -0.2) is 0 Å². The van der Waals surface area contributed by atoms with Gasteiger partial charge in [-0.2, -0.15) is 0 Å². The van der Waals surface area contributed by atoms with E-state index in [1.807, 2.05) is 0 Å². The van der Waals surface area contributed by atoms with Crippen LogP contribution in [0.3, 0.4) is 0 Å². The Kier molecular flexibility index (Phi) is 4.02. The molecule has 0 radical (unpaired) electrons. The minimum atomic E-state index is 0. The van der Waals surface area contributed by atoms with Crippen molar-refractivity contribution in [2.75, 3.05) is 26.7 Å². The maximum atomic E-state index is 3.51. The van der Waals surface area contributed by atoms with E-state index in [2.05, 4.69) is 31.1 Å². The van der Waals surface area contributed by atoms with E-state index < -0.39 is 0 Å². The number of likely N-dealkylation sites (tertiary alicyclic amines) is 1. The number of hydrogen-bond acceptors (Lipinski definition) is 2. The molecule has 1 N–H and O–H groups in total. The van der Waals surface area contributed by atoms with Crippen molar-refractivity contribution >= 4 is 0 Å². The topological polar surface area (TPSA) is 15.3 Å². The van der Waals surface area contributed by atoms with Crippen molar-refractivity contribution in [2.45, 2.75) is 32.7 Å². The molecule has 2 nitrogen and oxygen atoms in total. The quantitative estimate of drug-likeness (QED) is 0.695. The summed E-state index contributed by atoms with van der Waals surface area (Å²) in [6.07, 6.45) is 2.78. The second-order valence-electron chi connectivity index (χ2n) is 4.33. The third-order valence-electron chi connectivity index (χ3n) is 2.54. The first-order chi connectivity index (χ1) is 5.68. The molecule has 1 atom stereocenters. The van der Waals surface area contributed by atoms with Crippen molar-refractivity contribution in [2.24, 2.45) is 5.92 Å². The summed E-state index contributed by atoms with van der Waals surface area (Å²) >= 11 is 0. The molecule has 1 saturated heterocycles. The molecule has 0 spiro atoms. The zero-order chi connectivity index (χ0) is 8.97. The predicted octanol–water partition coefficient (Wildman–Crippen LogP) is 1.57. The summed E-state index contributed by atoms with van der Waals surface area (Å²) in [6.45, 7) is 8.19. The molecule has 0 aromatic heterocycles. The van der Waals surface area contributed by atoms with E-state index in [9.17, 15) is 0 Å². The second-order valence-corrected chi connectivity index (χ2v) is 4.33. The molecule has 0 aromatic carbocycles. The van der Waals surface area contributed by atoms with Gasteiger partial charge in [0.15, 0.2) is 0 Å². The Labute approximate surface area is 77.8 Å². The molecule has 1 rings (SSSR count). The summed E-state index contributed by atoms with van der Waals surface area (Å²) in [4.78, 5) is 2.44. The molecule has 1 fully saturated rings. The summed E-state index contributed by atoms with van der Waals surface area (Å²) in [5, 5.41) is 3.51. The van der Waals surface area contributed by atoms with Crippen molar-refractivity contribution in [3.63, 3.8) is 0 Å². The van der Waals surface area contributed by atoms with Crippen LogP contribution in [0.15, 0.2) is 0 Å². The lowest BCUT2D eigenvalue weighted by molar-refractivity contribution is 0.204. The highest BCUT2D eigenvalue weighted by atomic mass is 15.1. The Morgan fingerprint density at radius 1 is 1.58 bits per heavy atom. The lowest BCUT2D eigenvalue weighted by Crippen LogP contribution is -2.39. The van der Waals surface area contributed by atoms with E-state index in [-0.39, 0.29) is 1.43 Å². The molecule has 12 heavy (non-hydrogen) atoms. The van der Waals surface area contributed by atoms with E-state index in [1.54, 1.807) is 0 Å².